The molecule has 0 radical (unpaired) electrons. The number of benzene rings is 1. The maximum atomic E-state index is 13.3. The van der Waals surface area contributed by atoms with Crippen molar-refractivity contribution in [3.63, 3.8) is 0 Å². The van der Waals surface area contributed by atoms with Crippen LogP contribution in [0.5, 0.6) is 5.75 Å². The van der Waals surface area contributed by atoms with E-state index in [1.807, 2.05) is 23.2 Å². The van der Waals surface area contributed by atoms with E-state index in [0.717, 1.165) is 94.6 Å². The summed E-state index contributed by atoms with van der Waals surface area (Å²) >= 11 is 0. The predicted octanol–water partition coefficient (Wildman–Crippen LogP) is 3.49. The fourth-order valence-corrected chi connectivity index (χ4v) is 6.40. The second-order valence-corrected chi connectivity index (χ2v) is 11.2. The summed E-state index contributed by atoms with van der Waals surface area (Å²) in [5, 5.41) is 3.15. The van der Waals surface area contributed by atoms with Gasteiger partial charge >= 0.3 is 0 Å². The van der Waals surface area contributed by atoms with Gasteiger partial charge < -0.3 is 15.0 Å². The van der Waals surface area contributed by atoms with E-state index in [9.17, 15) is 9.59 Å². The maximum absolute atomic E-state index is 13.3. The molecule has 3 aliphatic rings. The van der Waals surface area contributed by atoms with Gasteiger partial charge in [-0.2, -0.15) is 0 Å². The van der Waals surface area contributed by atoms with E-state index in [0.29, 0.717) is 25.6 Å². The molecule has 1 spiro atoms. The van der Waals surface area contributed by atoms with Crippen LogP contribution in [0.4, 0.5) is 0 Å². The van der Waals surface area contributed by atoms with Gasteiger partial charge in [0.15, 0.2) is 0 Å². The van der Waals surface area contributed by atoms with Gasteiger partial charge in [-0.25, -0.2) is 9.97 Å². The molecular formula is C30H41N5O3. The molecule has 2 fully saturated rings. The first-order valence-electron chi connectivity index (χ1n) is 14.3. The van der Waals surface area contributed by atoms with Gasteiger partial charge in [-0.1, -0.05) is 24.6 Å². The standard InChI is InChI=1S/C30H41N5O3/c1-23-20-31-22-33-28(23)25-9-15-35(16-10-25)27(36)21-34-17-12-30(13-18-34)11-5-4-7-24-6-2-3-8-26(24)38-19-14-32-29(30)37/h2-3,6,8,20,22,25H,4-5,7,9-19,21H2,1H3,(H,32,37). The minimum Gasteiger partial charge on any atom is -0.491 e. The van der Waals surface area contributed by atoms with Gasteiger partial charge in [0.05, 0.1) is 18.5 Å². The Morgan fingerprint density at radius 1 is 1.11 bits per heavy atom. The Hall–Kier alpha value is -3.00. The molecule has 0 atom stereocenters. The van der Waals surface area contributed by atoms with Crippen molar-refractivity contribution in [1.29, 1.82) is 0 Å². The van der Waals surface area contributed by atoms with Crippen molar-refractivity contribution in [2.24, 2.45) is 5.41 Å². The van der Waals surface area contributed by atoms with Gasteiger partial charge in [0.25, 0.3) is 0 Å². The Morgan fingerprint density at radius 2 is 1.89 bits per heavy atom. The van der Waals surface area contributed by atoms with Crippen molar-refractivity contribution in [3.8, 4) is 5.75 Å². The van der Waals surface area contributed by atoms with Gasteiger partial charge in [0.1, 0.15) is 18.7 Å². The summed E-state index contributed by atoms with van der Waals surface area (Å²) in [5.74, 6) is 1.69. The van der Waals surface area contributed by atoms with Gasteiger partial charge in [0.2, 0.25) is 11.8 Å². The zero-order valence-electron chi connectivity index (χ0n) is 22.7. The van der Waals surface area contributed by atoms with Gasteiger partial charge in [0, 0.05) is 30.9 Å². The number of piperidine rings is 2. The topological polar surface area (TPSA) is 87.7 Å². The molecule has 1 aromatic heterocycles. The van der Waals surface area contributed by atoms with E-state index in [1.54, 1.807) is 6.33 Å². The van der Waals surface area contributed by atoms with E-state index in [4.69, 9.17) is 4.74 Å². The van der Waals surface area contributed by atoms with Crippen LogP contribution in [0.2, 0.25) is 0 Å². The number of ether oxygens (including phenoxy) is 1. The molecule has 3 aliphatic heterocycles. The van der Waals surface area contributed by atoms with Crippen LogP contribution in [0.25, 0.3) is 0 Å². The van der Waals surface area contributed by atoms with Crippen LogP contribution in [-0.4, -0.2) is 77.5 Å². The Labute approximate surface area is 226 Å². The van der Waals surface area contributed by atoms with Gasteiger partial charge in [-0.05, 0) is 82.2 Å². The third-order valence-electron chi connectivity index (χ3n) is 8.79. The van der Waals surface area contributed by atoms with Crippen LogP contribution >= 0.6 is 0 Å². The number of para-hydroxylation sites is 1. The lowest BCUT2D eigenvalue weighted by Gasteiger charge is -2.41. The SMILES string of the molecule is Cc1cncnc1C1CCN(C(=O)CN2CCC3(CCCCc4ccccc4OCCNC3=O)CC2)CC1. The molecule has 0 bridgehead atoms. The number of likely N-dealkylation sites (tertiary alicyclic amines) is 2. The molecule has 8 heteroatoms. The zero-order valence-corrected chi connectivity index (χ0v) is 22.7. The first kappa shape index (κ1) is 26.6. The van der Waals surface area contributed by atoms with E-state index in [2.05, 4.69) is 39.2 Å². The highest BCUT2D eigenvalue weighted by molar-refractivity contribution is 5.83. The number of hydrogen-bond acceptors (Lipinski definition) is 6. The number of aryl methyl sites for hydroxylation is 2. The predicted molar refractivity (Wildman–Crippen MR) is 146 cm³/mol. The van der Waals surface area contributed by atoms with Crippen LogP contribution in [0.3, 0.4) is 0 Å². The average Bonchev–Trinajstić information content (AvgIpc) is 2.94. The lowest BCUT2D eigenvalue weighted by molar-refractivity contribution is -0.137. The number of nitrogens with zero attached hydrogens (tertiary/aromatic N) is 4. The number of fused-ring (bicyclic) bond motifs is 1. The van der Waals surface area contributed by atoms with E-state index < -0.39 is 0 Å². The number of carbonyl (C=O) groups is 2. The number of nitrogens with one attached hydrogen (secondary N) is 1. The van der Waals surface area contributed by atoms with E-state index in [-0.39, 0.29) is 17.2 Å². The molecule has 2 saturated heterocycles. The highest BCUT2D eigenvalue weighted by atomic mass is 16.5. The van der Waals surface area contributed by atoms with E-state index in [1.165, 1.54) is 5.56 Å². The fourth-order valence-electron chi connectivity index (χ4n) is 6.40. The highest BCUT2D eigenvalue weighted by Gasteiger charge is 2.41. The molecule has 4 heterocycles. The smallest absolute Gasteiger partial charge is 0.236 e. The Bertz CT molecular complexity index is 1110. The molecule has 0 saturated carbocycles. The number of carbonyl (C=O) groups excluding carboxylic acids is 2. The fraction of sp³-hybridized carbons (Fsp3) is 0.600. The van der Waals surface area contributed by atoms with Crippen molar-refractivity contribution < 1.29 is 14.3 Å². The van der Waals surface area contributed by atoms with Crippen LogP contribution in [0.1, 0.15) is 67.7 Å². The lowest BCUT2D eigenvalue weighted by Crippen LogP contribution is -2.52. The maximum Gasteiger partial charge on any atom is 0.236 e. The molecule has 5 rings (SSSR count). The normalized spacial score (nSPS) is 21.5. The first-order chi connectivity index (χ1) is 18.5. The van der Waals surface area contributed by atoms with Crippen LogP contribution in [-0.2, 0) is 16.0 Å². The number of hydrogen-bond donors (Lipinski definition) is 1. The molecule has 2 amide bonds. The highest BCUT2D eigenvalue weighted by Crippen LogP contribution is 2.38. The summed E-state index contributed by atoms with van der Waals surface area (Å²) in [7, 11) is 0. The average molecular weight is 520 g/mol. The van der Waals surface area contributed by atoms with Crippen molar-refractivity contribution in [2.45, 2.75) is 64.2 Å². The Morgan fingerprint density at radius 3 is 2.68 bits per heavy atom. The Balaban J connectivity index is 1.11. The van der Waals surface area contributed by atoms with Gasteiger partial charge in [-0.3, -0.25) is 14.5 Å². The summed E-state index contributed by atoms with van der Waals surface area (Å²) in [4.78, 5) is 39.3. The second kappa shape index (κ2) is 12.2. The number of rotatable bonds is 3. The van der Waals surface area contributed by atoms with Crippen molar-refractivity contribution in [1.82, 2.24) is 25.1 Å². The second-order valence-electron chi connectivity index (χ2n) is 11.2. The van der Waals surface area contributed by atoms with Crippen molar-refractivity contribution >= 4 is 11.8 Å². The molecular weight excluding hydrogens is 478 g/mol. The van der Waals surface area contributed by atoms with E-state index >= 15 is 0 Å². The summed E-state index contributed by atoms with van der Waals surface area (Å²) in [6, 6.07) is 8.22. The molecule has 1 N–H and O–H groups in total. The molecule has 204 valence electrons. The van der Waals surface area contributed by atoms with Crippen LogP contribution < -0.4 is 10.1 Å². The molecule has 0 aliphatic carbocycles. The summed E-state index contributed by atoms with van der Waals surface area (Å²) in [5.41, 5.74) is 3.16. The molecule has 8 nitrogen and oxygen atoms in total. The molecule has 0 unspecified atom stereocenters. The van der Waals surface area contributed by atoms with Crippen LogP contribution in [0.15, 0.2) is 36.8 Å². The lowest BCUT2D eigenvalue weighted by atomic mass is 9.73. The molecule has 2 aromatic rings. The summed E-state index contributed by atoms with van der Waals surface area (Å²) < 4.78 is 5.97. The minimum absolute atomic E-state index is 0.156. The quantitative estimate of drug-likeness (QED) is 0.668. The minimum atomic E-state index is -0.341. The first-order valence-corrected chi connectivity index (χ1v) is 14.3. The van der Waals surface area contributed by atoms with Crippen molar-refractivity contribution in [2.75, 3.05) is 45.9 Å². The van der Waals surface area contributed by atoms with Crippen molar-refractivity contribution in [3.05, 3.63) is 53.6 Å². The monoisotopic (exact) mass is 519 g/mol. The Kier molecular flexibility index (Phi) is 8.57. The summed E-state index contributed by atoms with van der Waals surface area (Å²) in [6.45, 7) is 6.63. The third kappa shape index (κ3) is 6.17. The third-order valence-corrected chi connectivity index (χ3v) is 8.79. The number of aromatic nitrogens is 2. The largest absolute Gasteiger partial charge is 0.491 e. The van der Waals surface area contributed by atoms with Crippen LogP contribution in [0, 0.1) is 12.3 Å². The number of amides is 2. The molecule has 1 aromatic carbocycles. The zero-order chi connectivity index (χ0) is 26.4. The molecule has 38 heavy (non-hydrogen) atoms. The summed E-state index contributed by atoms with van der Waals surface area (Å²) in [6.07, 6.45) is 10.9. The van der Waals surface area contributed by atoms with Gasteiger partial charge in [-0.15, -0.1) is 0 Å².